The summed E-state index contributed by atoms with van der Waals surface area (Å²) in [6, 6.07) is 7.38. The van der Waals surface area contributed by atoms with Crippen LogP contribution in [0.1, 0.15) is 12.5 Å². The lowest BCUT2D eigenvalue weighted by atomic mass is 10.2. The first-order valence-electron chi connectivity index (χ1n) is 4.87. The summed E-state index contributed by atoms with van der Waals surface area (Å²) >= 11 is 5.83. The zero-order valence-corrected chi connectivity index (χ0v) is 9.71. The van der Waals surface area contributed by atoms with E-state index in [2.05, 4.69) is 5.32 Å². The lowest BCUT2D eigenvalue weighted by molar-refractivity contribution is 0.210. The van der Waals surface area contributed by atoms with Gasteiger partial charge in [-0.2, -0.15) is 0 Å². The molecule has 0 heterocycles. The monoisotopic (exact) mass is 226 g/mol. The summed E-state index contributed by atoms with van der Waals surface area (Å²) in [7, 11) is 1.76. The van der Waals surface area contributed by atoms with Gasteiger partial charge in [-0.1, -0.05) is 23.7 Å². The Morgan fingerprint density at radius 1 is 1.53 bits per heavy atom. The molecular formula is C11H15ClN2O. The van der Waals surface area contributed by atoms with Crippen LogP contribution in [0, 0.1) is 0 Å². The number of amides is 2. The number of nitrogens with zero attached hydrogens (tertiary/aromatic N) is 1. The third kappa shape index (κ3) is 3.80. The minimum Gasteiger partial charge on any atom is -0.334 e. The largest absolute Gasteiger partial charge is 0.334 e. The van der Waals surface area contributed by atoms with Gasteiger partial charge in [0.15, 0.2) is 0 Å². The van der Waals surface area contributed by atoms with Crippen LogP contribution in [0.5, 0.6) is 0 Å². The van der Waals surface area contributed by atoms with E-state index in [0.29, 0.717) is 18.1 Å². The van der Waals surface area contributed by atoms with E-state index in [1.165, 1.54) is 0 Å². The smallest absolute Gasteiger partial charge is 0.317 e. The van der Waals surface area contributed by atoms with Gasteiger partial charge in [-0.3, -0.25) is 0 Å². The van der Waals surface area contributed by atoms with E-state index in [0.717, 1.165) is 5.56 Å². The molecule has 2 amide bonds. The highest BCUT2D eigenvalue weighted by atomic mass is 35.5. The van der Waals surface area contributed by atoms with Gasteiger partial charge in [-0.25, -0.2) is 4.79 Å². The Kier molecular flexibility index (Phi) is 4.43. The number of halogens is 1. The minimum absolute atomic E-state index is 0.0718. The first-order chi connectivity index (χ1) is 7.13. The number of hydrogen-bond acceptors (Lipinski definition) is 1. The van der Waals surface area contributed by atoms with Gasteiger partial charge in [0.05, 0.1) is 0 Å². The predicted octanol–water partition coefficient (Wildman–Crippen LogP) is 2.50. The van der Waals surface area contributed by atoms with E-state index in [-0.39, 0.29) is 6.03 Å². The Balaban J connectivity index is 2.47. The first-order valence-corrected chi connectivity index (χ1v) is 5.24. The van der Waals surface area contributed by atoms with E-state index < -0.39 is 0 Å². The molecule has 0 unspecified atom stereocenters. The molecule has 0 saturated carbocycles. The molecule has 1 aromatic rings. The molecule has 82 valence electrons. The van der Waals surface area contributed by atoms with Gasteiger partial charge in [0.1, 0.15) is 0 Å². The Hall–Kier alpha value is -1.22. The molecule has 15 heavy (non-hydrogen) atoms. The maximum atomic E-state index is 11.4. The van der Waals surface area contributed by atoms with Gasteiger partial charge in [-0.15, -0.1) is 0 Å². The molecule has 1 rings (SSSR count). The zero-order chi connectivity index (χ0) is 11.3. The number of urea groups is 1. The van der Waals surface area contributed by atoms with Crippen molar-refractivity contribution in [1.82, 2.24) is 10.2 Å². The van der Waals surface area contributed by atoms with Crippen LogP contribution >= 0.6 is 11.6 Å². The lowest BCUT2D eigenvalue weighted by Crippen LogP contribution is -2.36. The molecule has 0 spiro atoms. The molecule has 0 saturated heterocycles. The van der Waals surface area contributed by atoms with Crippen LogP contribution in [0.4, 0.5) is 4.79 Å². The highest BCUT2D eigenvalue weighted by molar-refractivity contribution is 6.30. The van der Waals surface area contributed by atoms with Crippen LogP contribution in [0.25, 0.3) is 0 Å². The second kappa shape index (κ2) is 5.61. The second-order valence-corrected chi connectivity index (χ2v) is 3.74. The summed E-state index contributed by atoms with van der Waals surface area (Å²) in [5.74, 6) is 0. The van der Waals surface area contributed by atoms with E-state index in [1.807, 2.05) is 31.2 Å². The van der Waals surface area contributed by atoms with E-state index in [4.69, 9.17) is 11.6 Å². The summed E-state index contributed by atoms with van der Waals surface area (Å²) in [5, 5.41) is 3.49. The van der Waals surface area contributed by atoms with Crippen molar-refractivity contribution in [1.29, 1.82) is 0 Å². The van der Waals surface area contributed by atoms with Crippen LogP contribution in [0.15, 0.2) is 24.3 Å². The maximum absolute atomic E-state index is 11.4. The number of hydrogen-bond donors (Lipinski definition) is 1. The molecule has 0 radical (unpaired) electrons. The van der Waals surface area contributed by atoms with Crippen molar-refractivity contribution < 1.29 is 4.79 Å². The predicted molar refractivity (Wildman–Crippen MR) is 62.0 cm³/mol. The van der Waals surface area contributed by atoms with Gasteiger partial charge in [-0.05, 0) is 24.6 Å². The Morgan fingerprint density at radius 3 is 2.87 bits per heavy atom. The summed E-state index contributed by atoms with van der Waals surface area (Å²) < 4.78 is 0. The van der Waals surface area contributed by atoms with Crippen LogP contribution in [0.3, 0.4) is 0 Å². The summed E-state index contributed by atoms with van der Waals surface area (Å²) in [6.45, 7) is 3.13. The number of carbonyl (C=O) groups is 1. The third-order valence-corrected chi connectivity index (χ3v) is 2.39. The van der Waals surface area contributed by atoms with Crippen molar-refractivity contribution in [3.8, 4) is 0 Å². The fourth-order valence-corrected chi connectivity index (χ4v) is 1.32. The molecule has 4 heteroatoms. The molecule has 1 N–H and O–H groups in total. The first kappa shape index (κ1) is 11.9. The molecular weight excluding hydrogens is 212 g/mol. The normalized spacial score (nSPS) is 9.80. The average molecular weight is 227 g/mol. The molecule has 0 aromatic heterocycles. The van der Waals surface area contributed by atoms with Crippen molar-refractivity contribution in [3.05, 3.63) is 34.9 Å². The molecule has 0 aliphatic carbocycles. The SMILES string of the molecule is CCN(C)C(=O)NCc1cccc(Cl)c1. The molecule has 0 bridgehead atoms. The summed E-state index contributed by atoms with van der Waals surface area (Å²) in [6.07, 6.45) is 0. The van der Waals surface area contributed by atoms with Crippen molar-refractivity contribution in [2.45, 2.75) is 13.5 Å². The molecule has 0 atom stereocenters. The Bertz CT molecular complexity index is 341. The van der Waals surface area contributed by atoms with E-state index >= 15 is 0 Å². The van der Waals surface area contributed by atoms with Crippen LogP contribution < -0.4 is 5.32 Å². The molecule has 0 aliphatic rings. The fourth-order valence-electron chi connectivity index (χ4n) is 1.10. The highest BCUT2D eigenvalue weighted by Gasteiger charge is 2.04. The second-order valence-electron chi connectivity index (χ2n) is 3.30. The van der Waals surface area contributed by atoms with Gasteiger partial charge >= 0.3 is 6.03 Å². The van der Waals surface area contributed by atoms with Crippen molar-refractivity contribution in [2.24, 2.45) is 0 Å². The topological polar surface area (TPSA) is 32.3 Å². The lowest BCUT2D eigenvalue weighted by Gasteiger charge is -2.15. The van der Waals surface area contributed by atoms with Gasteiger partial charge in [0, 0.05) is 25.2 Å². The molecule has 0 aliphatic heterocycles. The number of nitrogens with one attached hydrogen (secondary N) is 1. The number of rotatable bonds is 3. The van der Waals surface area contributed by atoms with E-state index in [1.54, 1.807) is 11.9 Å². The standard InChI is InChI=1S/C11H15ClN2O/c1-3-14(2)11(15)13-8-9-5-4-6-10(12)7-9/h4-7H,3,8H2,1-2H3,(H,13,15). The minimum atomic E-state index is -0.0718. The molecule has 1 aromatic carbocycles. The van der Waals surface area contributed by atoms with Gasteiger partial charge in [0.2, 0.25) is 0 Å². The van der Waals surface area contributed by atoms with Crippen molar-refractivity contribution in [2.75, 3.05) is 13.6 Å². The van der Waals surface area contributed by atoms with Gasteiger partial charge < -0.3 is 10.2 Å². The van der Waals surface area contributed by atoms with Crippen LogP contribution in [0.2, 0.25) is 5.02 Å². The Morgan fingerprint density at radius 2 is 2.27 bits per heavy atom. The van der Waals surface area contributed by atoms with E-state index in [9.17, 15) is 4.79 Å². The fraction of sp³-hybridized carbons (Fsp3) is 0.364. The average Bonchev–Trinajstić information content (AvgIpc) is 2.25. The molecule has 3 nitrogen and oxygen atoms in total. The number of carbonyl (C=O) groups excluding carboxylic acids is 1. The van der Waals surface area contributed by atoms with Crippen molar-refractivity contribution in [3.63, 3.8) is 0 Å². The van der Waals surface area contributed by atoms with Gasteiger partial charge in [0.25, 0.3) is 0 Å². The summed E-state index contributed by atoms with van der Waals surface area (Å²) in [5.41, 5.74) is 1.00. The summed E-state index contributed by atoms with van der Waals surface area (Å²) in [4.78, 5) is 13.0. The van der Waals surface area contributed by atoms with Crippen LogP contribution in [-0.2, 0) is 6.54 Å². The van der Waals surface area contributed by atoms with Crippen LogP contribution in [-0.4, -0.2) is 24.5 Å². The zero-order valence-electron chi connectivity index (χ0n) is 8.96. The molecule has 0 fully saturated rings. The third-order valence-electron chi connectivity index (χ3n) is 2.15. The highest BCUT2D eigenvalue weighted by Crippen LogP contribution is 2.10. The Labute approximate surface area is 95.0 Å². The van der Waals surface area contributed by atoms with Crippen molar-refractivity contribution >= 4 is 17.6 Å². The quantitative estimate of drug-likeness (QED) is 0.844. The maximum Gasteiger partial charge on any atom is 0.317 e. The number of benzene rings is 1.